The number of likely N-dealkylation sites (tertiary alicyclic amines) is 1. The molecule has 0 radical (unpaired) electrons. The van der Waals surface area contributed by atoms with E-state index in [0.717, 1.165) is 30.6 Å². The first-order chi connectivity index (χ1) is 11.2. The van der Waals surface area contributed by atoms with Gasteiger partial charge in [-0.1, -0.05) is 18.9 Å². The predicted molar refractivity (Wildman–Crippen MR) is 88.2 cm³/mol. The van der Waals surface area contributed by atoms with Crippen molar-refractivity contribution in [2.45, 2.75) is 71.4 Å². The zero-order valence-corrected chi connectivity index (χ0v) is 15.0. The Morgan fingerprint density at radius 3 is 2.42 bits per heavy atom. The average Bonchev–Trinajstić information content (AvgIpc) is 3.06. The Hall–Kier alpha value is -1.85. The molecule has 0 aromatic heterocycles. The van der Waals surface area contributed by atoms with Crippen molar-refractivity contribution in [1.82, 2.24) is 4.90 Å². The van der Waals surface area contributed by atoms with Gasteiger partial charge in [0.1, 0.15) is 11.6 Å². The van der Waals surface area contributed by atoms with Crippen LogP contribution in [0.15, 0.2) is 11.6 Å². The summed E-state index contributed by atoms with van der Waals surface area (Å²) in [7, 11) is 0. The molecule has 1 saturated carbocycles. The van der Waals surface area contributed by atoms with Crippen molar-refractivity contribution in [2.24, 2.45) is 5.92 Å². The lowest BCUT2D eigenvalue weighted by Gasteiger charge is -2.26. The van der Waals surface area contributed by atoms with E-state index in [0.29, 0.717) is 11.5 Å². The number of amides is 2. The van der Waals surface area contributed by atoms with Gasteiger partial charge in [-0.15, -0.1) is 0 Å². The largest absolute Gasteiger partial charge is 0.464 e. The molecule has 2 aliphatic rings. The smallest absolute Gasteiger partial charge is 0.418 e. The number of ether oxygens (including phenoxy) is 2. The van der Waals surface area contributed by atoms with E-state index in [1.54, 1.807) is 27.7 Å². The maximum atomic E-state index is 12.7. The third kappa shape index (κ3) is 4.36. The molecular weight excluding hydrogens is 310 g/mol. The molecule has 2 amide bonds. The van der Waals surface area contributed by atoms with E-state index >= 15 is 0 Å². The minimum absolute atomic E-state index is 0.202. The van der Waals surface area contributed by atoms with Crippen LogP contribution in [0.5, 0.6) is 0 Å². The van der Waals surface area contributed by atoms with Gasteiger partial charge in [-0.2, -0.15) is 0 Å². The number of allylic oxidation sites excluding steroid dienone is 1. The first-order valence-electron chi connectivity index (χ1n) is 8.66. The van der Waals surface area contributed by atoms with Crippen molar-refractivity contribution in [1.29, 1.82) is 0 Å². The highest BCUT2D eigenvalue weighted by molar-refractivity contribution is 6.08. The number of imide groups is 1. The molecule has 0 N–H and O–H groups in total. The highest BCUT2D eigenvalue weighted by atomic mass is 16.6. The van der Waals surface area contributed by atoms with Gasteiger partial charge in [-0.05, 0) is 46.5 Å². The lowest BCUT2D eigenvalue weighted by atomic mass is 10.0. The van der Waals surface area contributed by atoms with Crippen molar-refractivity contribution < 1.29 is 23.9 Å². The molecule has 6 nitrogen and oxygen atoms in total. The summed E-state index contributed by atoms with van der Waals surface area (Å²) in [5, 5.41) is 0. The van der Waals surface area contributed by atoms with Gasteiger partial charge >= 0.3 is 12.1 Å². The van der Waals surface area contributed by atoms with E-state index in [2.05, 4.69) is 0 Å². The molecule has 0 aromatic rings. The third-order valence-electron chi connectivity index (χ3n) is 4.20. The van der Waals surface area contributed by atoms with Crippen LogP contribution >= 0.6 is 0 Å². The van der Waals surface area contributed by atoms with Gasteiger partial charge in [0.2, 0.25) is 0 Å². The van der Waals surface area contributed by atoms with Gasteiger partial charge in [0.15, 0.2) is 0 Å². The van der Waals surface area contributed by atoms with Gasteiger partial charge in [0, 0.05) is 12.0 Å². The van der Waals surface area contributed by atoms with E-state index < -0.39 is 29.6 Å². The quantitative estimate of drug-likeness (QED) is 0.584. The average molecular weight is 337 g/mol. The van der Waals surface area contributed by atoms with Crippen molar-refractivity contribution in [2.75, 3.05) is 6.61 Å². The SMILES string of the molecule is CCOC(=O)[C@@H]1CC(=CC2CCCC2)C(=O)N1C(=O)OC(C)(C)C. The van der Waals surface area contributed by atoms with Gasteiger partial charge in [-0.25, -0.2) is 14.5 Å². The molecule has 0 spiro atoms. The second kappa shape index (κ2) is 7.36. The summed E-state index contributed by atoms with van der Waals surface area (Å²) in [6.07, 6.45) is 5.75. The fourth-order valence-electron chi connectivity index (χ4n) is 3.18. The second-order valence-electron chi connectivity index (χ2n) is 7.36. The molecule has 0 unspecified atom stereocenters. The molecule has 2 rings (SSSR count). The lowest BCUT2D eigenvalue weighted by Crippen LogP contribution is -2.46. The van der Waals surface area contributed by atoms with E-state index in [-0.39, 0.29) is 13.0 Å². The number of hydrogen-bond donors (Lipinski definition) is 0. The molecule has 1 aliphatic heterocycles. The van der Waals surface area contributed by atoms with Crippen LogP contribution in [-0.4, -0.2) is 41.1 Å². The Bertz CT molecular complexity index is 540. The predicted octanol–water partition coefficient (Wildman–Crippen LogP) is 3.20. The van der Waals surface area contributed by atoms with Crippen molar-refractivity contribution in [3.63, 3.8) is 0 Å². The minimum atomic E-state index is -0.931. The number of rotatable bonds is 3. The summed E-state index contributed by atoms with van der Waals surface area (Å²) in [6.45, 7) is 7.06. The van der Waals surface area contributed by atoms with Crippen molar-refractivity contribution >= 4 is 18.0 Å². The Kier molecular flexibility index (Phi) is 5.67. The second-order valence-corrected chi connectivity index (χ2v) is 7.36. The molecule has 1 heterocycles. The molecule has 1 atom stereocenters. The fourth-order valence-corrected chi connectivity index (χ4v) is 3.18. The molecule has 1 saturated heterocycles. The van der Waals surface area contributed by atoms with Gasteiger partial charge < -0.3 is 9.47 Å². The number of esters is 1. The molecule has 2 fully saturated rings. The van der Waals surface area contributed by atoms with Crippen LogP contribution in [0.4, 0.5) is 4.79 Å². The van der Waals surface area contributed by atoms with Crippen LogP contribution in [0.25, 0.3) is 0 Å². The highest BCUT2D eigenvalue weighted by Gasteiger charge is 2.46. The maximum Gasteiger partial charge on any atom is 0.418 e. The lowest BCUT2D eigenvalue weighted by molar-refractivity contribution is -0.150. The molecular formula is C18H27NO5. The Morgan fingerprint density at radius 2 is 1.88 bits per heavy atom. The molecule has 134 valence electrons. The number of nitrogens with zero attached hydrogens (tertiary/aromatic N) is 1. The van der Waals surface area contributed by atoms with E-state index in [4.69, 9.17) is 9.47 Å². The van der Waals surface area contributed by atoms with Crippen LogP contribution in [0.2, 0.25) is 0 Å². The highest BCUT2D eigenvalue weighted by Crippen LogP contribution is 2.32. The monoisotopic (exact) mass is 337 g/mol. The van der Waals surface area contributed by atoms with Crippen LogP contribution < -0.4 is 0 Å². The molecule has 24 heavy (non-hydrogen) atoms. The summed E-state index contributed by atoms with van der Waals surface area (Å²) < 4.78 is 10.3. The van der Waals surface area contributed by atoms with Gasteiger partial charge in [0.25, 0.3) is 5.91 Å². The summed E-state index contributed by atoms with van der Waals surface area (Å²) >= 11 is 0. The maximum absolute atomic E-state index is 12.7. The zero-order chi connectivity index (χ0) is 17.9. The summed E-state index contributed by atoms with van der Waals surface area (Å²) in [5.41, 5.74) is -0.222. The first kappa shape index (κ1) is 18.5. The van der Waals surface area contributed by atoms with Gasteiger partial charge in [0.05, 0.1) is 6.61 Å². The number of carbonyl (C=O) groups excluding carboxylic acids is 3. The summed E-state index contributed by atoms with van der Waals surface area (Å²) in [4.78, 5) is 38.2. The molecule has 6 heteroatoms. The van der Waals surface area contributed by atoms with Crippen molar-refractivity contribution in [3.05, 3.63) is 11.6 Å². The summed E-state index contributed by atoms with van der Waals surface area (Å²) in [6, 6.07) is -0.931. The minimum Gasteiger partial charge on any atom is -0.464 e. The van der Waals surface area contributed by atoms with Crippen LogP contribution in [0.1, 0.15) is 59.8 Å². The van der Waals surface area contributed by atoms with Crippen molar-refractivity contribution in [3.8, 4) is 0 Å². The summed E-state index contributed by atoms with van der Waals surface area (Å²) in [5.74, 6) is -0.647. The fraction of sp³-hybridized carbons (Fsp3) is 0.722. The topological polar surface area (TPSA) is 72.9 Å². The van der Waals surface area contributed by atoms with Gasteiger partial charge in [-0.3, -0.25) is 4.79 Å². The van der Waals surface area contributed by atoms with E-state index in [1.807, 2.05) is 6.08 Å². The normalized spacial score (nSPS) is 23.8. The molecule has 0 bridgehead atoms. The van der Waals surface area contributed by atoms with E-state index in [9.17, 15) is 14.4 Å². The Labute approximate surface area is 143 Å². The standard InChI is InChI=1S/C18H27NO5/c1-5-23-16(21)14-11-13(10-12-8-6-7-9-12)15(20)19(14)17(22)24-18(2,3)4/h10,12,14H,5-9,11H2,1-4H3/t14-/m0/s1. The number of carbonyl (C=O) groups is 3. The molecule has 1 aliphatic carbocycles. The first-order valence-corrected chi connectivity index (χ1v) is 8.66. The Morgan fingerprint density at radius 1 is 1.25 bits per heavy atom. The molecule has 0 aromatic carbocycles. The van der Waals surface area contributed by atoms with Crippen LogP contribution in [0, 0.1) is 5.92 Å². The van der Waals surface area contributed by atoms with Crippen LogP contribution in [-0.2, 0) is 19.1 Å². The van der Waals surface area contributed by atoms with Crippen LogP contribution in [0.3, 0.4) is 0 Å². The zero-order valence-electron chi connectivity index (χ0n) is 15.0. The third-order valence-corrected chi connectivity index (χ3v) is 4.20. The van der Waals surface area contributed by atoms with E-state index in [1.165, 1.54) is 0 Å². The Balaban J connectivity index is 2.23. The number of hydrogen-bond acceptors (Lipinski definition) is 5.